The summed E-state index contributed by atoms with van der Waals surface area (Å²) in [5.74, 6) is 0.117. The lowest BCUT2D eigenvalue weighted by molar-refractivity contribution is -0.126. The van der Waals surface area contributed by atoms with E-state index in [-0.39, 0.29) is 23.7 Å². The summed E-state index contributed by atoms with van der Waals surface area (Å²) in [5.41, 5.74) is 8.09. The highest BCUT2D eigenvalue weighted by Crippen LogP contribution is 2.61. The summed E-state index contributed by atoms with van der Waals surface area (Å²) in [5, 5.41) is 8.68. The smallest absolute Gasteiger partial charge is 0.251 e. The van der Waals surface area contributed by atoms with Crippen LogP contribution in [0.15, 0.2) is 109 Å². The number of carbonyl (C=O) groups is 2. The van der Waals surface area contributed by atoms with Gasteiger partial charge in [0.15, 0.2) is 5.13 Å². The Kier molecular flexibility index (Phi) is 6.71. The summed E-state index contributed by atoms with van der Waals surface area (Å²) >= 11 is 1.42. The van der Waals surface area contributed by atoms with Crippen molar-refractivity contribution < 1.29 is 9.59 Å². The molecule has 0 spiro atoms. The van der Waals surface area contributed by atoms with Crippen LogP contribution < -0.4 is 10.6 Å². The molecule has 0 saturated carbocycles. The Morgan fingerprint density at radius 2 is 1.45 bits per heavy atom. The first-order valence-corrected chi connectivity index (χ1v) is 15.3. The Hall–Kier alpha value is -4.55. The standard InChI is InChI=1S/C36H31N3O2S/c1-36(21-30-26-11-5-7-13-28(26)32(36)29-14-8-6-12-27(29)30)34(41)39-35-38-31(22-42-35)24-15-17-25(18-16-24)33(40)37-20-19-23-9-3-2-4-10-23/h2-18,22,30,32H,19-21H2,1H3,(H,37,40)(H,38,39,41). The third-order valence-electron chi connectivity index (χ3n) is 8.86. The Morgan fingerprint density at radius 3 is 2.12 bits per heavy atom. The Balaban J connectivity index is 1.04. The fourth-order valence-electron chi connectivity index (χ4n) is 6.75. The van der Waals surface area contributed by atoms with Gasteiger partial charge < -0.3 is 10.6 Å². The van der Waals surface area contributed by atoms with Crippen molar-refractivity contribution in [3.05, 3.63) is 142 Å². The molecule has 0 fully saturated rings. The molecular weight excluding hydrogens is 538 g/mol. The second kappa shape index (κ2) is 10.7. The second-order valence-corrected chi connectivity index (χ2v) is 12.3. The molecule has 4 aromatic carbocycles. The van der Waals surface area contributed by atoms with Crippen LogP contribution in [-0.2, 0) is 11.2 Å². The lowest BCUT2D eigenvalue weighted by atomic mass is 9.52. The number of rotatable bonds is 7. The van der Waals surface area contributed by atoms with Gasteiger partial charge in [-0.2, -0.15) is 0 Å². The minimum Gasteiger partial charge on any atom is -0.352 e. The largest absolute Gasteiger partial charge is 0.352 e. The molecular formula is C36H31N3O2S. The van der Waals surface area contributed by atoms with Crippen molar-refractivity contribution in [2.24, 2.45) is 5.41 Å². The van der Waals surface area contributed by atoms with Gasteiger partial charge in [-0.1, -0.05) is 91.0 Å². The van der Waals surface area contributed by atoms with E-state index in [9.17, 15) is 9.59 Å². The summed E-state index contributed by atoms with van der Waals surface area (Å²) in [6, 6.07) is 34.7. The van der Waals surface area contributed by atoms with E-state index < -0.39 is 5.41 Å². The zero-order valence-electron chi connectivity index (χ0n) is 23.3. The fraction of sp³-hybridized carbons (Fsp3) is 0.194. The van der Waals surface area contributed by atoms with Crippen LogP contribution >= 0.6 is 11.3 Å². The number of anilines is 1. The van der Waals surface area contributed by atoms with Crippen molar-refractivity contribution in [2.45, 2.75) is 31.6 Å². The number of thiazole rings is 1. The van der Waals surface area contributed by atoms with Crippen LogP contribution in [0.4, 0.5) is 5.13 Å². The Bertz CT molecular complexity index is 1730. The number of aromatic nitrogens is 1. The predicted molar refractivity (Wildman–Crippen MR) is 168 cm³/mol. The van der Waals surface area contributed by atoms with Gasteiger partial charge in [-0.25, -0.2) is 4.98 Å². The summed E-state index contributed by atoms with van der Waals surface area (Å²) in [7, 11) is 0. The van der Waals surface area contributed by atoms with Crippen molar-refractivity contribution >= 4 is 28.3 Å². The van der Waals surface area contributed by atoms with Crippen LogP contribution in [0.1, 0.15) is 63.4 Å². The van der Waals surface area contributed by atoms with Crippen molar-refractivity contribution in [3.8, 4) is 11.3 Å². The zero-order chi connectivity index (χ0) is 28.7. The molecule has 2 N–H and O–H groups in total. The number of fused-ring (bicyclic) bond motifs is 1. The van der Waals surface area contributed by atoms with Crippen LogP contribution in [0.3, 0.4) is 0 Å². The average Bonchev–Trinajstić information content (AvgIpc) is 3.50. The molecule has 6 heteroatoms. The van der Waals surface area contributed by atoms with Crippen molar-refractivity contribution in [1.82, 2.24) is 10.3 Å². The molecule has 0 radical (unpaired) electrons. The van der Waals surface area contributed by atoms with Crippen molar-refractivity contribution in [2.75, 3.05) is 11.9 Å². The molecule has 42 heavy (non-hydrogen) atoms. The van der Waals surface area contributed by atoms with Gasteiger partial charge in [0.2, 0.25) is 5.91 Å². The SMILES string of the molecule is CC1(C(=O)Nc2nc(-c3ccc(C(=O)NCCc4ccccc4)cc3)cs2)CC2c3ccccc3C1c1ccccc12. The fourth-order valence-corrected chi connectivity index (χ4v) is 7.47. The van der Waals surface area contributed by atoms with E-state index in [1.54, 1.807) is 0 Å². The number of carbonyl (C=O) groups excluding carboxylic acids is 2. The molecule has 1 aromatic heterocycles. The van der Waals surface area contributed by atoms with E-state index in [2.05, 4.69) is 78.2 Å². The molecule has 1 atom stereocenters. The first kappa shape index (κ1) is 26.4. The van der Waals surface area contributed by atoms with Gasteiger partial charge in [0, 0.05) is 34.9 Å². The maximum atomic E-state index is 14.0. The van der Waals surface area contributed by atoms with Crippen LogP contribution in [0.25, 0.3) is 11.3 Å². The third kappa shape index (κ3) is 4.62. The molecule has 8 rings (SSSR count). The summed E-state index contributed by atoms with van der Waals surface area (Å²) < 4.78 is 0. The van der Waals surface area contributed by atoms with E-state index in [0.717, 1.165) is 24.1 Å². The molecule has 3 aliphatic rings. The molecule has 208 valence electrons. The van der Waals surface area contributed by atoms with Gasteiger partial charge in [-0.3, -0.25) is 9.59 Å². The van der Waals surface area contributed by atoms with Gasteiger partial charge in [-0.05, 0) is 59.7 Å². The molecule has 0 aliphatic heterocycles. The molecule has 1 unspecified atom stereocenters. The quantitative estimate of drug-likeness (QED) is 0.214. The molecule has 5 aromatic rings. The number of hydrogen-bond donors (Lipinski definition) is 2. The monoisotopic (exact) mass is 569 g/mol. The summed E-state index contributed by atoms with van der Waals surface area (Å²) in [6.07, 6.45) is 1.56. The van der Waals surface area contributed by atoms with Gasteiger partial charge in [0.1, 0.15) is 0 Å². The first-order valence-electron chi connectivity index (χ1n) is 14.4. The number of nitrogens with zero attached hydrogens (tertiary/aromatic N) is 1. The van der Waals surface area contributed by atoms with Gasteiger partial charge in [-0.15, -0.1) is 11.3 Å². The van der Waals surface area contributed by atoms with Crippen molar-refractivity contribution in [1.29, 1.82) is 0 Å². The molecule has 3 aliphatic carbocycles. The highest BCUT2D eigenvalue weighted by molar-refractivity contribution is 7.14. The minimum atomic E-state index is -0.589. The van der Waals surface area contributed by atoms with E-state index in [0.29, 0.717) is 17.2 Å². The normalized spacial score (nSPS) is 19.9. The highest BCUT2D eigenvalue weighted by Gasteiger charge is 2.54. The number of amides is 2. The Labute approximate surface area is 249 Å². The first-order chi connectivity index (χ1) is 20.5. The average molecular weight is 570 g/mol. The number of nitrogens with one attached hydrogen (secondary N) is 2. The lowest BCUT2D eigenvalue weighted by Gasteiger charge is -2.50. The maximum Gasteiger partial charge on any atom is 0.251 e. The maximum absolute atomic E-state index is 14.0. The number of hydrogen-bond acceptors (Lipinski definition) is 4. The van der Waals surface area contributed by atoms with Crippen LogP contribution in [-0.4, -0.2) is 23.3 Å². The van der Waals surface area contributed by atoms with E-state index in [1.807, 2.05) is 47.8 Å². The van der Waals surface area contributed by atoms with Crippen LogP contribution in [0.2, 0.25) is 0 Å². The van der Waals surface area contributed by atoms with Crippen LogP contribution in [0, 0.1) is 5.41 Å². The molecule has 5 nitrogen and oxygen atoms in total. The van der Waals surface area contributed by atoms with Gasteiger partial charge >= 0.3 is 0 Å². The van der Waals surface area contributed by atoms with Gasteiger partial charge in [0.05, 0.1) is 11.1 Å². The van der Waals surface area contributed by atoms with Crippen molar-refractivity contribution in [3.63, 3.8) is 0 Å². The molecule has 2 amide bonds. The van der Waals surface area contributed by atoms with Gasteiger partial charge in [0.25, 0.3) is 5.91 Å². The minimum absolute atomic E-state index is 0.000663. The van der Waals surface area contributed by atoms with E-state index >= 15 is 0 Å². The lowest BCUT2D eigenvalue weighted by Crippen LogP contribution is -2.47. The highest BCUT2D eigenvalue weighted by atomic mass is 32.1. The Morgan fingerprint density at radius 1 is 0.833 bits per heavy atom. The molecule has 0 saturated heterocycles. The summed E-state index contributed by atoms with van der Waals surface area (Å²) in [4.78, 5) is 31.3. The van der Waals surface area contributed by atoms with Crippen LogP contribution in [0.5, 0.6) is 0 Å². The number of benzene rings is 4. The predicted octanol–water partition coefficient (Wildman–Crippen LogP) is 7.41. The second-order valence-electron chi connectivity index (χ2n) is 11.4. The summed E-state index contributed by atoms with van der Waals surface area (Å²) in [6.45, 7) is 2.68. The molecule has 1 heterocycles. The third-order valence-corrected chi connectivity index (χ3v) is 9.62. The van der Waals surface area contributed by atoms with E-state index in [1.165, 1.54) is 39.2 Å². The molecule has 2 bridgehead atoms. The zero-order valence-corrected chi connectivity index (χ0v) is 24.2. The topological polar surface area (TPSA) is 71.1 Å². The van der Waals surface area contributed by atoms with E-state index in [4.69, 9.17) is 4.98 Å².